The van der Waals surface area contributed by atoms with E-state index in [9.17, 15) is 9.90 Å². The molecule has 1 heterocycles. The smallest absolute Gasteiger partial charge is 0.260 e. The molecule has 0 aliphatic rings. The van der Waals surface area contributed by atoms with E-state index in [0.29, 0.717) is 5.82 Å². The summed E-state index contributed by atoms with van der Waals surface area (Å²) in [5.74, 6) is -0.245. The molecule has 0 unspecified atom stereocenters. The van der Waals surface area contributed by atoms with Gasteiger partial charge in [-0.25, -0.2) is 4.98 Å². The molecular weight excluding hydrogens is 230 g/mol. The molecule has 0 aliphatic carbocycles. The van der Waals surface area contributed by atoms with Gasteiger partial charge in [-0.05, 0) is 30.7 Å². The molecule has 0 spiro atoms. The Bertz CT molecular complexity index is 579. The number of nitrogen functional groups attached to an aromatic ring is 1. The fourth-order valence-corrected chi connectivity index (χ4v) is 1.47. The van der Waals surface area contributed by atoms with E-state index in [1.165, 1.54) is 12.1 Å². The highest BCUT2D eigenvalue weighted by Crippen LogP contribution is 2.24. The number of aromatic hydroxyl groups is 1. The van der Waals surface area contributed by atoms with E-state index in [-0.39, 0.29) is 17.0 Å². The first kappa shape index (κ1) is 11.9. The second kappa shape index (κ2) is 4.75. The molecule has 0 fully saturated rings. The molecule has 5 heteroatoms. The number of phenols is 1. The van der Waals surface area contributed by atoms with E-state index in [2.05, 4.69) is 10.3 Å². The number of carbonyl (C=O) groups excluding carboxylic acids is 1. The van der Waals surface area contributed by atoms with Gasteiger partial charge in [0.05, 0.1) is 11.3 Å². The molecule has 0 atom stereocenters. The fraction of sp³-hybridized carbons (Fsp3) is 0.0769. The van der Waals surface area contributed by atoms with Crippen LogP contribution in [0.2, 0.25) is 0 Å². The number of nitrogens with zero attached hydrogens (tertiary/aromatic N) is 1. The Kier molecular flexibility index (Phi) is 3.14. The predicted molar refractivity (Wildman–Crippen MR) is 69.4 cm³/mol. The van der Waals surface area contributed by atoms with E-state index >= 15 is 0 Å². The lowest BCUT2D eigenvalue weighted by molar-refractivity contribution is 0.102. The minimum absolute atomic E-state index is 0.123. The molecule has 0 bridgehead atoms. The Labute approximate surface area is 104 Å². The molecule has 0 saturated carbocycles. The molecule has 2 aromatic rings. The number of para-hydroxylation sites is 1. The summed E-state index contributed by atoms with van der Waals surface area (Å²) in [6.07, 6.45) is 1.65. The van der Waals surface area contributed by atoms with Gasteiger partial charge in [-0.2, -0.15) is 0 Å². The third-order valence-electron chi connectivity index (χ3n) is 2.46. The number of phenolic OH excluding ortho intramolecular Hbond substituents is 1. The molecule has 0 saturated heterocycles. The van der Waals surface area contributed by atoms with Crippen LogP contribution in [-0.4, -0.2) is 16.0 Å². The summed E-state index contributed by atoms with van der Waals surface area (Å²) in [5.41, 5.74) is 6.81. The van der Waals surface area contributed by atoms with Gasteiger partial charge < -0.3 is 16.2 Å². The normalized spacial score (nSPS) is 10.1. The van der Waals surface area contributed by atoms with Gasteiger partial charge in [0.1, 0.15) is 5.82 Å². The van der Waals surface area contributed by atoms with E-state index < -0.39 is 5.91 Å². The van der Waals surface area contributed by atoms with E-state index in [4.69, 9.17) is 5.73 Å². The predicted octanol–water partition coefficient (Wildman–Crippen LogP) is 1.93. The Morgan fingerprint density at radius 2 is 2.11 bits per heavy atom. The largest absolute Gasteiger partial charge is 0.505 e. The monoisotopic (exact) mass is 243 g/mol. The van der Waals surface area contributed by atoms with Gasteiger partial charge >= 0.3 is 0 Å². The summed E-state index contributed by atoms with van der Waals surface area (Å²) >= 11 is 0. The number of nitrogens with one attached hydrogen (secondary N) is 1. The van der Waals surface area contributed by atoms with Crippen LogP contribution in [0.5, 0.6) is 5.75 Å². The number of nitrogens with two attached hydrogens (primary N) is 1. The van der Waals surface area contributed by atoms with E-state index in [0.717, 1.165) is 5.56 Å². The van der Waals surface area contributed by atoms with Gasteiger partial charge in [0.15, 0.2) is 5.75 Å². The molecular formula is C13H13N3O2. The number of aromatic nitrogens is 1. The molecule has 2 rings (SSSR count). The van der Waals surface area contributed by atoms with E-state index in [1.54, 1.807) is 18.3 Å². The minimum atomic E-state index is -0.448. The topological polar surface area (TPSA) is 88.2 Å². The van der Waals surface area contributed by atoms with Crippen LogP contribution in [-0.2, 0) is 0 Å². The number of amides is 1. The van der Waals surface area contributed by atoms with Crippen LogP contribution in [0.3, 0.4) is 0 Å². The quantitative estimate of drug-likeness (QED) is 0.555. The van der Waals surface area contributed by atoms with Crippen LogP contribution in [0.1, 0.15) is 15.9 Å². The standard InChI is InChI=1S/C13H13N3O2/c1-8-5-6-11(15-7-8)16-13(18)9-3-2-4-10(14)12(9)17/h2-7,17H,14H2,1H3,(H,15,16,18). The highest BCUT2D eigenvalue weighted by molar-refractivity contribution is 6.06. The number of hydrogen-bond acceptors (Lipinski definition) is 4. The zero-order chi connectivity index (χ0) is 13.1. The summed E-state index contributed by atoms with van der Waals surface area (Å²) in [6.45, 7) is 1.91. The van der Waals surface area contributed by atoms with Crippen molar-refractivity contribution in [3.8, 4) is 5.75 Å². The van der Waals surface area contributed by atoms with Crippen LogP contribution in [0.25, 0.3) is 0 Å². The van der Waals surface area contributed by atoms with Crippen molar-refractivity contribution in [1.29, 1.82) is 0 Å². The van der Waals surface area contributed by atoms with Crippen molar-refractivity contribution in [2.45, 2.75) is 6.92 Å². The first-order valence-electron chi connectivity index (χ1n) is 5.39. The Balaban J connectivity index is 2.22. The zero-order valence-corrected chi connectivity index (χ0v) is 9.84. The maximum absolute atomic E-state index is 11.9. The lowest BCUT2D eigenvalue weighted by Gasteiger charge is -2.07. The average molecular weight is 243 g/mol. The lowest BCUT2D eigenvalue weighted by atomic mass is 10.1. The Morgan fingerprint density at radius 3 is 2.78 bits per heavy atom. The van der Waals surface area contributed by atoms with Crippen LogP contribution >= 0.6 is 0 Å². The molecule has 5 nitrogen and oxygen atoms in total. The minimum Gasteiger partial charge on any atom is -0.505 e. The first-order valence-corrected chi connectivity index (χ1v) is 5.39. The molecule has 4 N–H and O–H groups in total. The molecule has 1 amide bonds. The average Bonchev–Trinajstić information content (AvgIpc) is 2.35. The van der Waals surface area contributed by atoms with Gasteiger partial charge in [-0.15, -0.1) is 0 Å². The second-order valence-electron chi connectivity index (χ2n) is 3.92. The molecule has 1 aromatic carbocycles. The highest BCUT2D eigenvalue weighted by Gasteiger charge is 2.13. The van der Waals surface area contributed by atoms with Crippen LogP contribution < -0.4 is 11.1 Å². The third-order valence-corrected chi connectivity index (χ3v) is 2.46. The molecule has 1 aromatic heterocycles. The molecule has 18 heavy (non-hydrogen) atoms. The number of anilines is 2. The number of carbonyl (C=O) groups is 1. The number of rotatable bonds is 2. The SMILES string of the molecule is Cc1ccc(NC(=O)c2cccc(N)c2O)nc1. The number of hydrogen-bond donors (Lipinski definition) is 3. The van der Waals surface area contributed by atoms with Crippen molar-refractivity contribution >= 4 is 17.4 Å². The maximum atomic E-state index is 11.9. The zero-order valence-electron chi connectivity index (χ0n) is 9.84. The summed E-state index contributed by atoms with van der Waals surface area (Å²) < 4.78 is 0. The molecule has 0 aliphatic heterocycles. The number of aryl methyl sites for hydroxylation is 1. The van der Waals surface area contributed by atoms with Crippen molar-refractivity contribution in [3.05, 3.63) is 47.7 Å². The fourth-order valence-electron chi connectivity index (χ4n) is 1.47. The van der Waals surface area contributed by atoms with Crippen LogP contribution in [0.4, 0.5) is 11.5 Å². The van der Waals surface area contributed by atoms with Crippen molar-refractivity contribution < 1.29 is 9.90 Å². The van der Waals surface area contributed by atoms with Crippen molar-refractivity contribution in [2.24, 2.45) is 0 Å². The van der Waals surface area contributed by atoms with Crippen molar-refractivity contribution in [1.82, 2.24) is 4.98 Å². The molecule has 92 valence electrons. The van der Waals surface area contributed by atoms with Gasteiger partial charge in [-0.3, -0.25) is 4.79 Å². The summed E-state index contributed by atoms with van der Waals surface area (Å²) in [4.78, 5) is 16.0. The van der Waals surface area contributed by atoms with Crippen LogP contribution in [0.15, 0.2) is 36.5 Å². The summed E-state index contributed by atoms with van der Waals surface area (Å²) in [6, 6.07) is 8.15. The van der Waals surface area contributed by atoms with Crippen molar-refractivity contribution in [2.75, 3.05) is 11.1 Å². The maximum Gasteiger partial charge on any atom is 0.260 e. The number of pyridine rings is 1. The summed E-state index contributed by atoms with van der Waals surface area (Å²) in [7, 11) is 0. The van der Waals surface area contributed by atoms with E-state index in [1.807, 2.05) is 13.0 Å². The first-order chi connectivity index (χ1) is 8.58. The highest BCUT2D eigenvalue weighted by atomic mass is 16.3. The van der Waals surface area contributed by atoms with Gasteiger partial charge in [0.2, 0.25) is 0 Å². The van der Waals surface area contributed by atoms with Crippen LogP contribution in [0, 0.1) is 6.92 Å². The second-order valence-corrected chi connectivity index (χ2v) is 3.92. The van der Waals surface area contributed by atoms with Gasteiger partial charge in [0, 0.05) is 6.20 Å². The van der Waals surface area contributed by atoms with Gasteiger partial charge in [-0.1, -0.05) is 12.1 Å². The molecule has 0 radical (unpaired) electrons. The number of benzene rings is 1. The van der Waals surface area contributed by atoms with Gasteiger partial charge in [0.25, 0.3) is 5.91 Å². The summed E-state index contributed by atoms with van der Waals surface area (Å²) in [5, 5.41) is 12.3. The Hall–Kier alpha value is -2.56. The third kappa shape index (κ3) is 2.40. The van der Waals surface area contributed by atoms with Crippen molar-refractivity contribution in [3.63, 3.8) is 0 Å². The lowest BCUT2D eigenvalue weighted by Crippen LogP contribution is -2.13. The Morgan fingerprint density at radius 1 is 1.33 bits per heavy atom.